The number of para-hydroxylation sites is 2. The van der Waals surface area contributed by atoms with Gasteiger partial charge in [-0.05, 0) is 30.3 Å². The second-order valence-corrected chi connectivity index (χ2v) is 7.49. The number of aryl methyl sites for hydroxylation is 1. The number of benzene rings is 2. The molecule has 2 aromatic heterocycles. The Morgan fingerprint density at radius 3 is 2.62 bits per heavy atom. The van der Waals surface area contributed by atoms with Crippen molar-refractivity contribution in [3.63, 3.8) is 0 Å². The smallest absolute Gasteiger partial charge is 0.347 e. The third-order valence-corrected chi connectivity index (χ3v) is 4.48. The molecule has 2 aromatic carbocycles. The highest BCUT2D eigenvalue weighted by Gasteiger charge is 2.16. The molecule has 0 saturated heterocycles. The molecular formula is C18H14N2O5S. The van der Waals surface area contributed by atoms with Crippen LogP contribution < -0.4 is 9.81 Å². The summed E-state index contributed by atoms with van der Waals surface area (Å²) in [6, 6.07) is 13.8. The zero-order valence-corrected chi connectivity index (χ0v) is 14.8. The predicted molar refractivity (Wildman–Crippen MR) is 97.7 cm³/mol. The van der Waals surface area contributed by atoms with E-state index in [2.05, 4.69) is 4.98 Å². The number of imidazole rings is 1. The number of aromatic nitrogens is 2. The summed E-state index contributed by atoms with van der Waals surface area (Å²) in [6.07, 6.45) is 0.947. The Hall–Kier alpha value is -3.13. The summed E-state index contributed by atoms with van der Waals surface area (Å²) in [6.45, 7) is 0. The summed E-state index contributed by atoms with van der Waals surface area (Å²) < 4.78 is 34.5. The van der Waals surface area contributed by atoms with E-state index in [1.54, 1.807) is 12.1 Å². The van der Waals surface area contributed by atoms with Gasteiger partial charge in [-0.25, -0.2) is 9.78 Å². The van der Waals surface area contributed by atoms with Crippen LogP contribution in [0.3, 0.4) is 0 Å². The molecule has 132 valence electrons. The van der Waals surface area contributed by atoms with Gasteiger partial charge in [0.25, 0.3) is 0 Å². The van der Waals surface area contributed by atoms with Crippen LogP contribution in [0, 0.1) is 0 Å². The first-order valence-corrected chi connectivity index (χ1v) is 9.53. The Labute approximate surface area is 148 Å². The van der Waals surface area contributed by atoms with Crippen LogP contribution >= 0.6 is 0 Å². The Balaban J connectivity index is 1.88. The van der Waals surface area contributed by atoms with E-state index < -0.39 is 15.7 Å². The highest BCUT2D eigenvalue weighted by Crippen LogP contribution is 2.26. The Kier molecular flexibility index (Phi) is 3.58. The summed E-state index contributed by atoms with van der Waals surface area (Å²) in [7, 11) is -1.83. The minimum absolute atomic E-state index is 0.0821. The van der Waals surface area contributed by atoms with Gasteiger partial charge >= 0.3 is 15.7 Å². The van der Waals surface area contributed by atoms with Crippen molar-refractivity contribution >= 4 is 32.1 Å². The number of hydrogen-bond acceptors (Lipinski definition) is 6. The van der Waals surface area contributed by atoms with Crippen molar-refractivity contribution < 1.29 is 17.0 Å². The van der Waals surface area contributed by atoms with Crippen LogP contribution in [-0.2, 0) is 17.2 Å². The summed E-state index contributed by atoms with van der Waals surface area (Å²) in [5.74, 6) is 0.581. The number of fused-ring (bicyclic) bond motifs is 2. The maximum atomic E-state index is 12.5. The van der Waals surface area contributed by atoms with Gasteiger partial charge in [0.1, 0.15) is 22.7 Å². The minimum atomic E-state index is -3.66. The van der Waals surface area contributed by atoms with Crippen LogP contribution in [0.25, 0.3) is 33.4 Å². The van der Waals surface area contributed by atoms with Crippen LogP contribution in [-0.4, -0.2) is 24.2 Å². The van der Waals surface area contributed by atoms with Crippen LogP contribution in [0.5, 0.6) is 5.75 Å². The number of nitrogens with zero attached hydrogens (tertiary/aromatic N) is 2. The lowest BCUT2D eigenvalue weighted by atomic mass is 10.1. The second-order valence-electron chi connectivity index (χ2n) is 5.92. The molecule has 0 radical (unpaired) electrons. The minimum Gasteiger partial charge on any atom is -0.422 e. The topological polar surface area (TPSA) is 91.4 Å². The average Bonchev–Trinajstić information content (AvgIpc) is 2.90. The fourth-order valence-corrected chi connectivity index (χ4v) is 3.31. The van der Waals surface area contributed by atoms with Gasteiger partial charge in [-0.2, -0.15) is 8.42 Å². The molecule has 0 saturated carbocycles. The zero-order valence-electron chi connectivity index (χ0n) is 14.0. The molecule has 0 fully saturated rings. The van der Waals surface area contributed by atoms with E-state index in [0.29, 0.717) is 16.8 Å². The van der Waals surface area contributed by atoms with Gasteiger partial charge in [0.05, 0.1) is 17.3 Å². The highest BCUT2D eigenvalue weighted by molar-refractivity contribution is 7.86. The summed E-state index contributed by atoms with van der Waals surface area (Å²) in [5.41, 5.74) is 1.68. The number of rotatable bonds is 3. The SMILES string of the molecule is Cn1c(-c2cc3ccc(OS(C)(=O)=O)cc3oc2=O)nc2ccccc21. The monoisotopic (exact) mass is 370 g/mol. The first kappa shape index (κ1) is 16.3. The van der Waals surface area contributed by atoms with Gasteiger partial charge in [0, 0.05) is 18.5 Å². The largest absolute Gasteiger partial charge is 0.422 e. The van der Waals surface area contributed by atoms with Gasteiger partial charge in [-0.1, -0.05) is 12.1 Å². The Morgan fingerprint density at radius 2 is 1.88 bits per heavy atom. The molecule has 26 heavy (non-hydrogen) atoms. The normalized spacial score (nSPS) is 11.9. The van der Waals surface area contributed by atoms with Crippen molar-refractivity contribution in [2.45, 2.75) is 0 Å². The lowest BCUT2D eigenvalue weighted by Gasteiger charge is -2.05. The van der Waals surface area contributed by atoms with E-state index in [1.807, 2.05) is 35.9 Å². The molecule has 7 nitrogen and oxygen atoms in total. The van der Waals surface area contributed by atoms with E-state index in [1.165, 1.54) is 12.1 Å². The van der Waals surface area contributed by atoms with Crippen molar-refractivity contribution in [2.75, 3.05) is 6.26 Å². The van der Waals surface area contributed by atoms with Crippen molar-refractivity contribution in [3.05, 3.63) is 59.0 Å². The van der Waals surface area contributed by atoms with E-state index in [9.17, 15) is 13.2 Å². The van der Waals surface area contributed by atoms with Crippen molar-refractivity contribution in [2.24, 2.45) is 7.05 Å². The lowest BCUT2D eigenvalue weighted by molar-refractivity contribution is 0.492. The van der Waals surface area contributed by atoms with Gasteiger partial charge < -0.3 is 13.2 Å². The standard InChI is InChI=1S/C18H14N2O5S/c1-20-15-6-4-3-5-14(15)19-17(20)13-9-11-7-8-12(25-26(2,22)23)10-16(11)24-18(13)21/h3-10H,1-2H3. The van der Waals surface area contributed by atoms with Crippen molar-refractivity contribution in [3.8, 4) is 17.1 Å². The first-order chi connectivity index (χ1) is 12.3. The van der Waals surface area contributed by atoms with Crippen molar-refractivity contribution in [1.82, 2.24) is 9.55 Å². The lowest BCUT2D eigenvalue weighted by Crippen LogP contribution is -2.07. The van der Waals surface area contributed by atoms with Gasteiger partial charge in [0.2, 0.25) is 0 Å². The predicted octanol–water partition coefficient (Wildman–Crippen LogP) is 2.69. The molecule has 0 atom stereocenters. The van der Waals surface area contributed by atoms with Crippen molar-refractivity contribution in [1.29, 1.82) is 0 Å². The molecule has 2 heterocycles. The number of hydrogen-bond donors (Lipinski definition) is 0. The molecule has 0 aliphatic rings. The fourth-order valence-electron chi connectivity index (χ4n) is 2.86. The quantitative estimate of drug-likeness (QED) is 0.407. The molecule has 4 aromatic rings. The van der Waals surface area contributed by atoms with Gasteiger partial charge in [0.15, 0.2) is 0 Å². The molecule has 4 rings (SSSR count). The van der Waals surface area contributed by atoms with E-state index in [0.717, 1.165) is 17.3 Å². The van der Waals surface area contributed by atoms with Gasteiger partial charge in [-0.15, -0.1) is 0 Å². The molecule has 8 heteroatoms. The van der Waals surface area contributed by atoms with E-state index >= 15 is 0 Å². The summed E-state index contributed by atoms with van der Waals surface area (Å²) >= 11 is 0. The third-order valence-electron chi connectivity index (χ3n) is 3.98. The van der Waals surface area contributed by atoms with Crippen LogP contribution in [0.4, 0.5) is 0 Å². The van der Waals surface area contributed by atoms with Crippen LogP contribution in [0.2, 0.25) is 0 Å². The van der Waals surface area contributed by atoms with E-state index in [-0.39, 0.29) is 11.3 Å². The van der Waals surface area contributed by atoms with E-state index in [4.69, 9.17) is 8.60 Å². The molecular weight excluding hydrogens is 356 g/mol. The first-order valence-electron chi connectivity index (χ1n) is 7.71. The summed E-state index contributed by atoms with van der Waals surface area (Å²) in [5, 5.41) is 0.632. The maximum absolute atomic E-state index is 12.5. The molecule has 0 aliphatic carbocycles. The third kappa shape index (κ3) is 2.84. The molecule has 0 N–H and O–H groups in total. The molecule has 0 bridgehead atoms. The Morgan fingerprint density at radius 1 is 1.12 bits per heavy atom. The molecule has 0 amide bonds. The van der Waals surface area contributed by atoms with Crippen LogP contribution in [0.1, 0.15) is 0 Å². The molecule has 0 spiro atoms. The zero-order chi connectivity index (χ0) is 18.5. The fraction of sp³-hybridized carbons (Fsp3) is 0.111. The molecule has 0 aliphatic heterocycles. The second kappa shape index (κ2) is 5.70. The summed E-state index contributed by atoms with van der Waals surface area (Å²) in [4.78, 5) is 17.0. The average molecular weight is 370 g/mol. The van der Waals surface area contributed by atoms with Crippen LogP contribution in [0.15, 0.2) is 57.7 Å². The maximum Gasteiger partial charge on any atom is 0.347 e. The Bertz CT molecular complexity index is 1320. The molecule has 0 unspecified atom stereocenters. The van der Waals surface area contributed by atoms with Gasteiger partial charge in [-0.3, -0.25) is 0 Å². The highest BCUT2D eigenvalue weighted by atomic mass is 32.2.